The van der Waals surface area contributed by atoms with Crippen LogP contribution in [0.1, 0.15) is 19.4 Å². The van der Waals surface area contributed by atoms with Gasteiger partial charge in [0, 0.05) is 5.56 Å². The zero-order valence-electron chi connectivity index (χ0n) is 13.1. The fraction of sp³-hybridized carbons (Fsp3) is 0.235. The van der Waals surface area contributed by atoms with Crippen LogP contribution in [0.15, 0.2) is 59.1 Å². The molecule has 0 aromatic heterocycles. The van der Waals surface area contributed by atoms with E-state index in [1.54, 1.807) is 18.4 Å². The molecule has 1 aromatic rings. The second-order valence-electron chi connectivity index (χ2n) is 5.20. The van der Waals surface area contributed by atoms with Gasteiger partial charge in [0.05, 0.1) is 35.7 Å². The van der Waals surface area contributed by atoms with Crippen molar-refractivity contribution >= 4 is 11.5 Å². The monoisotopic (exact) mass is 314 g/mol. The van der Waals surface area contributed by atoms with Gasteiger partial charge in [0.2, 0.25) is 6.35 Å². The summed E-state index contributed by atoms with van der Waals surface area (Å²) in [6.07, 6.45) is 5.04. The molecule has 0 radical (unpaired) electrons. The van der Waals surface area contributed by atoms with Crippen LogP contribution >= 0.6 is 0 Å². The second kappa shape index (κ2) is 6.56. The Balaban J connectivity index is 1.92. The van der Waals surface area contributed by atoms with Crippen molar-refractivity contribution in [2.75, 3.05) is 6.54 Å². The van der Waals surface area contributed by atoms with Crippen molar-refractivity contribution in [3.8, 4) is 0 Å². The molecule has 0 amide bonds. The van der Waals surface area contributed by atoms with Crippen LogP contribution in [-0.4, -0.2) is 18.7 Å². The number of hydrogen-bond acceptors (Lipinski definition) is 5. The molecule has 2 heterocycles. The standard InChI is InChI=1S/C17H19FN4O/c1-3-10-23-17-21-15(12-4-6-13(18)7-5-12)16(22-17)14-8-9-19-11(2)20-14/h3-8,10,17,21-22H,9H2,1-2H3,(H,19,20)/b10-3-. The number of benzene rings is 1. The molecule has 6 heteroatoms. The van der Waals surface area contributed by atoms with Gasteiger partial charge in [-0.3, -0.25) is 4.99 Å². The highest BCUT2D eigenvalue weighted by molar-refractivity contribution is 5.85. The average Bonchev–Trinajstić information content (AvgIpc) is 2.98. The van der Waals surface area contributed by atoms with Crippen LogP contribution in [-0.2, 0) is 4.74 Å². The first-order chi connectivity index (χ1) is 11.2. The van der Waals surface area contributed by atoms with Crippen molar-refractivity contribution in [2.45, 2.75) is 20.2 Å². The van der Waals surface area contributed by atoms with Crippen molar-refractivity contribution < 1.29 is 9.13 Å². The van der Waals surface area contributed by atoms with Gasteiger partial charge in [-0.05, 0) is 44.2 Å². The van der Waals surface area contributed by atoms with Gasteiger partial charge in [-0.2, -0.15) is 0 Å². The molecule has 120 valence electrons. The first-order valence-corrected chi connectivity index (χ1v) is 7.46. The van der Waals surface area contributed by atoms with Gasteiger partial charge < -0.3 is 20.7 Å². The minimum Gasteiger partial charge on any atom is -0.460 e. The number of rotatable bonds is 4. The maximum atomic E-state index is 13.2. The van der Waals surface area contributed by atoms with Crippen molar-refractivity contribution in [1.82, 2.24) is 16.0 Å². The normalized spacial score (nSPS) is 20.6. The largest absolute Gasteiger partial charge is 0.460 e. The lowest BCUT2D eigenvalue weighted by Crippen LogP contribution is -2.36. The molecule has 1 unspecified atom stereocenters. The molecule has 1 aromatic carbocycles. The summed E-state index contributed by atoms with van der Waals surface area (Å²) in [6, 6.07) is 6.36. The summed E-state index contributed by atoms with van der Waals surface area (Å²) < 4.78 is 18.8. The van der Waals surface area contributed by atoms with Gasteiger partial charge in [0.15, 0.2) is 0 Å². The molecular weight excluding hydrogens is 295 g/mol. The maximum absolute atomic E-state index is 13.2. The zero-order chi connectivity index (χ0) is 16.2. The van der Waals surface area contributed by atoms with E-state index >= 15 is 0 Å². The van der Waals surface area contributed by atoms with Crippen LogP contribution < -0.4 is 16.0 Å². The lowest BCUT2D eigenvalue weighted by Gasteiger charge is -2.17. The van der Waals surface area contributed by atoms with E-state index in [2.05, 4.69) is 20.9 Å². The predicted molar refractivity (Wildman–Crippen MR) is 88.5 cm³/mol. The topological polar surface area (TPSA) is 57.7 Å². The Bertz CT molecular complexity index is 704. The molecule has 3 N–H and O–H groups in total. The average molecular weight is 314 g/mol. The van der Waals surface area contributed by atoms with E-state index in [0.29, 0.717) is 6.54 Å². The van der Waals surface area contributed by atoms with E-state index in [1.165, 1.54) is 12.1 Å². The molecule has 2 aliphatic heterocycles. The van der Waals surface area contributed by atoms with Gasteiger partial charge in [-0.25, -0.2) is 4.39 Å². The van der Waals surface area contributed by atoms with Crippen molar-refractivity contribution in [2.24, 2.45) is 4.99 Å². The van der Waals surface area contributed by atoms with E-state index in [-0.39, 0.29) is 12.2 Å². The summed E-state index contributed by atoms with van der Waals surface area (Å²) >= 11 is 0. The minimum atomic E-state index is -0.386. The maximum Gasteiger partial charge on any atom is 0.247 e. The van der Waals surface area contributed by atoms with Gasteiger partial charge in [-0.1, -0.05) is 6.08 Å². The Morgan fingerprint density at radius 1 is 1.22 bits per heavy atom. The Kier molecular flexibility index (Phi) is 4.32. The molecular formula is C17H19FN4O. The number of nitrogens with zero attached hydrogens (tertiary/aromatic N) is 1. The molecule has 3 rings (SSSR count). The van der Waals surface area contributed by atoms with Crippen LogP contribution in [0, 0.1) is 5.82 Å². The van der Waals surface area contributed by atoms with Crippen molar-refractivity contribution in [1.29, 1.82) is 0 Å². The van der Waals surface area contributed by atoms with Crippen LogP contribution in [0.25, 0.3) is 5.70 Å². The van der Waals surface area contributed by atoms with Crippen LogP contribution in [0.3, 0.4) is 0 Å². The van der Waals surface area contributed by atoms with E-state index in [1.807, 2.05) is 26.0 Å². The minimum absolute atomic E-state index is 0.262. The first kappa shape index (κ1) is 15.1. The summed E-state index contributed by atoms with van der Waals surface area (Å²) in [5.74, 6) is 0.592. The van der Waals surface area contributed by atoms with Gasteiger partial charge in [0.1, 0.15) is 5.82 Å². The second-order valence-corrected chi connectivity index (χ2v) is 5.20. The van der Waals surface area contributed by atoms with Gasteiger partial charge in [0.25, 0.3) is 0 Å². The van der Waals surface area contributed by atoms with Gasteiger partial charge >= 0.3 is 0 Å². The highest BCUT2D eigenvalue weighted by Crippen LogP contribution is 2.25. The van der Waals surface area contributed by atoms with E-state index in [9.17, 15) is 4.39 Å². The Labute approximate surface area is 134 Å². The molecule has 23 heavy (non-hydrogen) atoms. The molecule has 0 spiro atoms. The summed E-state index contributed by atoms with van der Waals surface area (Å²) in [7, 11) is 0. The molecule has 0 fully saturated rings. The SMILES string of the molecule is C/C=C\OC1NC(C2=CCN=C(C)N2)=C(c2ccc(F)cc2)N1. The number of nitrogens with one attached hydrogen (secondary N) is 3. The third kappa shape index (κ3) is 3.36. The fourth-order valence-electron chi connectivity index (χ4n) is 2.45. The Hall–Kier alpha value is -2.76. The third-order valence-corrected chi connectivity index (χ3v) is 3.49. The molecule has 0 bridgehead atoms. The number of halogens is 1. The molecule has 0 aliphatic carbocycles. The predicted octanol–water partition coefficient (Wildman–Crippen LogP) is 2.43. The third-order valence-electron chi connectivity index (χ3n) is 3.49. The molecule has 1 atom stereocenters. The summed E-state index contributed by atoms with van der Waals surface area (Å²) in [4.78, 5) is 4.30. The quantitative estimate of drug-likeness (QED) is 0.747. The van der Waals surface area contributed by atoms with E-state index in [0.717, 1.165) is 28.5 Å². The summed E-state index contributed by atoms with van der Waals surface area (Å²) in [6.45, 7) is 4.42. The number of aliphatic imine (C=N–C) groups is 1. The molecule has 0 saturated heterocycles. The van der Waals surface area contributed by atoms with Crippen LogP contribution in [0.2, 0.25) is 0 Å². The van der Waals surface area contributed by atoms with E-state index in [4.69, 9.17) is 4.74 Å². The number of hydrogen-bond donors (Lipinski definition) is 3. The molecule has 2 aliphatic rings. The van der Waals surface area contributed by atoms with Crippen LogP contribution in [0.5, 0.6) is 0 Å². The molecule has 0 saturated carbocycles. The Morgan fingerprint density at radius 2 is 1.96 bits per heavy atom. The van der Waals surface area contributed by atoms with E-state index < -0.39 is 0 Å². The highest BCUT2D eigenvalue weighted by Gasteiger charge is 2.27. The first-order valence-electron chi connectivity index (χ1n) is 7.46. The lowest BCUT2D eigenvalue weighted by atomic mass is 10.1. The van der Waals surface area contributed by atoms with Crippen LogP contribution in [0.4, 0.5) is 4.39 Å². The number of allylic oxidation sites excluding steroid dienone is 1. The fourth-order valence-corrected chi connectivity index (χ4v) is 2.45. The number of ether oxygens (including phenoxy) is 1. The summed E-state index contributed by atoms with van der Waals surface area (Å²) in [5.41, 5.74) is 3.53. The number of amidine groups is 1. The smallest absolute Gasteiger partial charge is 0.247 e. The highest BCUT2D eigenvalue weighted by atomic mass is 19.1. The van der Waals surface area contributed by atoms with Crippen molar-refractivity contribution in [3.05, 3.63) is 65.5 Å². The molecule has 5 nitrogen and oxygen atoms in total. The zero-order valence-corrected chi connectivity index (χ0v) is 13.1. The summed E-state index contributed by atoms with van der Waals surface area (Å²) in [5, 5.41) is 9.82. The van der Waals surface area contributed by atoms with Gasteiger partial charge in [-0.15, -0.1) is 0 Å². The van der Waals surface area contributed by atoms with Crippen molar-refractivity contribution in [3.63, 3.8) is 0 Å². The lowest BCUT2D eigenvalue weighted by molar-refractivity contribution is 0.115. The Morgan fingerprint density at radius 3 is 2.65 bits per heavy atom.